The first kappa shape index (κ1) is 24.9. The summed E-state index contributed by atoms with van der Waals surface area (Å²) in [5.74, 6) is 0.501. The average Bonchev–Trinajstić information content (AvgIpc) is 3.12. The molecule has 4 N–H and O–H groups in total. The summed E-state index contributed by atoms with van der Waals surface area (Å²) >= 11 is 0. The fraction of sp³-hybridized carbons (Fsp3) is 0.450. The van der Waals surface area contributed by atoms with E-state index in [1.165, 1.54) is 0 Å². The number of benzene rings is 1. The largest absolute Gasteiger partial charge is 0.383 e. The lowest BCUT2D eigenvalue weighted by Gasteiger charge is -2.23. The predicted molar refractivity (Wildman–Crippen MR) is 125 cm³/mol. The summed E-state index contributed by atoms with van der Waals surface area (Å²) in [7, 11) is 1.81. The van der Waals surface area contributed by atoms with E-state index >= 15 is 0 Å². The lowest BCUT2D eigenvalue weighted by atomic mass is 10.00. The van der Waals surface area contributed by atoms with Crippen molar-refractivity contribution in [2.75, 3.05) is 19.6 Å². The van der Waals surface area contributed by atoms with Crippen LogP contribution in [0.1, 0.15) is 42.3 Å². The number of aryl methyl sites for hydroxylation is 1. The third kappa shape index (κ3) is 7.65. The van der Waals surface area contributed by atoms with Gasteiger partial charge in [0.15, 0.2) is 5.96 Å². The minimum Gasteiger partial charge on any atom is -0.383 e. The molecule has 1 heterocycles. The van der Waals surface area contributed by atoms with Crippen LogP contribution in [0.2, 0.25) is 0 Å². The molecule has 1 aromatic carbocycles. The molecule has 0 bridgehead atoms. The van der Waals surface area contributed by atoms with Crippen molar-refractivity contribution in [2.24, 2.45) is 12.0 Å². The standard InChI is InChI=1S/C20H30N6O2.HI/c1-5-21-18(27)16-9-7-8-15(10-16)11-23-19(22-6-2)24-14-20(3,28)17-12-25-26(4)13-17;/h7-10,12-13,28H,5-6,11,14H2,1-4H3,(H,21,27)(H2,22,23,24);1H. The second kappa shape index (κ2) is 11.8. The van der Waals surface area contributed by atoms with Crippen molar-refractivity contribution in [2.45, 2.75) is 32.9 Å². The van der Waals surface area contributed by atoms with Gasteiger partial charge in [-0.25, -0.2) is 4.99 Å². The summed E-state index contributed by atoms with van der Waals surface area (Å²) in [4.78, 5) is 16.5. The quantitative estimate of drug-likeness (QED) is 0.244. The zero-order chi connectivity index (χ0) is 20.6. The van der Waals surface area contributed by atoms with Crippen LogP contribution < -0.4 is 16.0 Å². The number of nitrogens with one attached hydrogen (secondary N) is 3. The van der Waals surface area contributed by atoms with Gasteiger partial charge in [0.2, 0.25) is 0 Å². The van der Waals surface area contributed by atoms with Crippen molar-refractivity contribution in [3.63, 3.8) is 0 Å². The maximum Gasteiger partial charge on any atom is 0.251 e. The van der Waals surface area contributed by atoms with Gasteiger partial charge >= 0.3 is 0 Å². The molecule has 160 valence electrons. The first-order chi connectivity index (χ1) is 13.4. The van der Waals surface area contributed by atoms with E-state index in [1.807, 2.05) is 39.1 Å². The maximum atomic E-state index is 12.0. The van der Waals surface area contributed by atoms with E-state index in [4.69, 9.17) is 0 Å². The van der Waals surface area contributed by atoms with E-state index in [2.05, 4.69) is 26.0 Å². The molecule has 2 aromatic rings. The number of nitrogens with zero attached hydrogens (tertiary/aromatic N) is 3. The van der Waals surface area contributed by atoms with Gasteiger partial charge in [0.1, 0.15) is 5.60 Å². The number of carbonyl (C=O) groups excluding carboxylic acids is 1. The molecule has 0 fully saturated rings. The highest BCUT2D eigenvalue weighted by molar-refractivity contribution is 14.0. The van der Waals surface area contributed by atoms with Gasteiger partial charge < -0.3 is 21.1 Å². The highest BCUT2D eigenvalue weighted by atomic mass is 127. The summed E-state index contributed by atoms with van der Waals surface area (Å²) in [6.07, 6.45) is 3.44. The number of carbonyl (C=O) groups is 1. The fourth-order valence-electron chi connectivity index (χ4n) is 2.64. The molecule has 8 nitrogen and oxygen atoms in total. The Morgan fingerprint density at radius 3 is 2.59 bits per heavy atom. The lowest BCUT2D eigenvalue weighted by Crippen LogP contribution is -2.44. The van der Waals surface area contributed by atoms with Crippen LogP contribution in [-0.4, -0.2) is 46.4 Å². The second-order valence-corrected chi connectivity index (χ2v) is 6.79. The fourth-order valence-corrected chi connectivity index (χ4v) is 2.64. The molecule has 0 aliphatic carbocycles. The van der Waals surface area contributed by atoms with Gasteiger partial charge in [0, 0.05) is 37.5 Å². The molecule has 29 heavy (non-hydrogen) atoms. The molecule has 1 atom stereocenters. The summed E-state index contributed by atoms with van der Waals surface area (Å²) in [5, 5.41) is 23.9. The van der Waals surface area contributed by atoms with Crippen molar-refractivity contribution in [1.29, 1.82) is 0 Å². The van der Waals surface area contributed by atoms with Crippen molar-refractivity contribution in [1.82, 2.24) is 25.7 Å². The number of rotatable bonds is 8. The lowest BCUT2D eigenvalue weighted by molar-refractivity contribution is 0.0616. The monoisotopic (exact) mass is 514 g/mol. The summed E-state index contributed by atoms with van der Waals surface area (Å²) < 4.78 is 1.66. The summed E-state index contributed by atoms with van der Waals surface area (Å²) in [5.41, 5.74) is 1.20. The van der Waals surface area contributed by atoms with E-state index in [-0.39, 0.29) is 36.4 Å². The Balaban J connectivity index is 0.00000420. The first-order valence-electron chi connectivity index (χ1n) is 9.46. The molecule has 0 spiro atoms. The zero-order valence-electron chi connectivity index (χ0n) is 17.4. The van der Waals surface area contributed by atoms with Gasteiger partial charge in [0.05, 0.1) is 19.3 Å². The predicted octanol–water partition coefficient (Wildman–Crippen LogP) is 1.75. The zero-order valence-corrected chi connectivity index (χ0v) is 19.7. The molecular weight excluding hydrogens is 483 g/mol. The Morgan fingerprint density at radius 2 is 1.97 bits per heavy atom. The minimum absolute atomic E-state index is 0. The smallest absolute Gasteiger partial charge is 0.251 e. The molecule has 1 aromatic heterocycles. The van der Waals surface area contributed by atoms with Crippen LogP contribution >= 0.6 is 24.0 Å². The summed E-state index contributed by atoms with van der Waals surface area (Å²) in [6.45, 7) is 7.58. The van der Waals surface area contributed by atoms with Crippen LogP contribution in [0.5, 0.6) is 0 Å². The second-order valence-electron chi connectivity index (χ2n) is 6.79. The summed E-state index contributed by atoms with van der Waals surface area (Å²) in [6, 6.07) is 7.40. The van der Waals surface area contributed by atoms with Crippen LogP contribution in [0.3, 0.4) is 0 Å². The third-order valence-corrected chi connectivity index (χ3v) is 4.22. The number of aliphatic imine (C=N–C) groups is 1. The Kier molecular flexibility index (Phi) is 10.1. The van der Waals surface area contributed by atoms with E-state index in [1.54, 1.807) is 30.1 Å². The van der Waals surface area contributed by atoms with Crippen LogP contribution in [0, 0.1) is 0 Å². The molecular formula is C20H31IN6O2. The Labute approximate surface area is 189 Å². The van der Waals surface area contributed by atoms with Gasteiger partial charge in [-0.2, -0.15) is 5.10 Å². The van der Waals surface area contributed by atoms with E-state index < -0.39 is 5.60 Å². The number of amides is 1. The first-order valence-corrected chi connectivity index (χ1v) is 9.46. The van der Waals surface area contributed by atoms with Gasteiger partial charge in [0.25, 0.3) is 5.91 Å². The molecule has 0 aliphatic rings. The average molecular weight is 514 g/mol. The van der Waals surface area contributed by atoms with Crippen molar-refractivity contribution >= 4 is 35.8 Å². The van der Waals surface area contributed by atoms with Gasteiger partial charge in [-0.15, -0.1) is 24.0 Å². The normalized spacial score (nSPS) is 13.2. The Morgan fingerprint density at radius 1 is 1.24 bits per heavy atom. The number of hydrogen-bond acceptors (Lipinski definition) is 4. The topological polar surface area (TPSA) is 104 Å². The number of hydrogen-bond donors (Lipinski definition) is 4. The SMILES string of the molecule is CCNC(=O)c1cccc(CN=C(NCC)NCC(C)(O)c2cnn(C)c2)c1.I. The van der Waals surface area contributed by atoms with Crippen LogP contribution in [0.25, 0.3) is 0 Å². The molecule has 1 unspecified atom stereocenters. The van der Waals surface area contributed by atoms with Gasteiger partial charge in [-0.3, -0.25) is 9.48 Å². The molecule has 0 aliphatic heterocycles. The molecule has 0 radical (unpaired) electrons. The molecule has 0 saturated carbocycles. The van der Waals surface area contributed by atoms with E-state index in [9.17, 15) is 9.90 Å². The van der Waals surface area contributed by atoms with E-state index in [0.29, 0.717) is 31.2 Å². The Bertz CT molecular complexity index is 819. The maximum absolute atomic E-state index is 12.0. The third-order valence-electron chi connectivity index (χ3n) is 4.22. The van der Waals surface area contributed by atoms with Crippen LogP contribution in [0.4, 0.5) is 0 Å². The van der Waals surface area contributed by atoms with Crippen molar-refractivity contribution in [3.05, 3.63) is 53.3 Å². The molecule has 0 saturated heterocycles. The van der Waals surface area contributed by atoms with Gasteiger partial charge in [-0.1, -0.05) is 12.1 Å². The van der Waals surface area contributed by atoms with Gasteiger partial charge in [-0.05, 0) is 38.5 Å². The minimum atomic E-state index is -1.08. The van der Waals surface area contributed by atoms with Crippen LogP contribution in [-0.2, 0) is 19.2 Å². The molecule has 2 rings (SSSR count). The van der Waals surface area contributed by atoms with E-state index in [0.717, 1.165) is 11.1 Å². The molecule has 9 heteroatoms. The molecule has 1 amide bonds. The number of halogens is 1. The van der Waals surface area contributed by atoms with Crippen LogP contribution in [0.15, 0.2) is 41.7 Å². The van der Waals surface area contributed by atoms with Crippen molar-refractivity contribution < 1.29 is 9.90 Å². The highest BCUT2D eigenvalue weighted by Gasteiger charge is 2.25. The number of aliphatic hydroxyl groups is 1. The van der Waals surface area contributed by atoms with Crippen molar-refractivity contribution in [3.8, 4) is 0 Å². The Hall–Kier alpha value is -2.14. The number of guanidine groups is 1. The highest BCUT2D eigenvalue weighted by Crippen LogP contribution is 2.18. The number of aromatic nitrogens is 2.